The van der Waals surface area contributed by atoms with E-state index in [0.717, 1.165) is 24.3 Å². The lowest BCUT2D eigenvalue weighted by molar-refractivity contribution is -0.0629. The monoisotopic (exact) mass is 287 g/mol. The minimum atomic E-state index is 0.0717. The number of amides is 1. The molecule has 0 aliphatic heterocycles. The number of aromatic nitrogens is 1. The van der Waals surface area contributed by atoms with Gasteiger partial charge in [0.25, 0.3) is 5.91 Å². The molecular weight excluding hydrogens is 262 g/mol. The number of nitrogen functional groups attached to an aromatic ring is 1. The SMILES string of the molecule is CN(CC12CC3CC(CC(C3)C1)C2)C(=O)c1cc(N)c[nH]1. The van der Waals surface area contributed by atoms with Crippen LogP contribution in [0, 0.1) is 23.2 Å². The summed E-state index contributed by atoms with van der Waals surface area (Å²) in [5.41, 5.74) is 7.34. The summed E-state index contributed by atoms with van der Waals surface area (Å²) < 4.78 is 0. The van der Waals surface area contributed by atoms with Gasteiger partial charge in [0.05, 0.1) is 0 Å². The maximum atomic E-state index is 12.5. The topological polar surface area (TPSA) is 62.1 Å². The van der Waals surface area contributed by atoms with Gasteiger partial charge >= 0.3 is 0 Å². The van der Waals surface area contributed by atoms with Gasteiger partial charge in [0, 0.05) is 25.5 Å². The molecule has 4 fully saturated rings. The third kappa shape index (κ3) is 2.25. The molecule has 0 spiro atoms. The van der Waals surface area contributed by atoms with E-state index < -0.39 is 0 Å². The highest BCUT2D eigenvalue weighted by Gasteiger charge is 2.51. The van der Waals surface area contributed by atoms with Crippen LogP contribution in [0.3, 0.4) is 0 Å². The lowest BCUT2D eigenvalue weighted by Crippen LogP contribution is -2.51. The molecule has 4 heteroatoms. The van der Waals surface area contributed by atoms with Gasteiger partial charge in [-0.25, -0.2) is 0 Å². The van der Waals surface area contributed by atoms with Gasteiger partial charge in [-0.15, -0.1) is 0 Å². The van der Waals surface area contributed by atoms with Crippen molar-refractivity contribution in [1.29, 1.82) is 0 Å². The van der Waals surface area contributed by atoms with E-state index in [2.05, 4.69) is 4.98 Å². The smallest absolute Gasteiger partial charge is 0.270 e. The predicted molar refractivity (Wildman–Crippen MR) is 82.8 cm³/mol. The molecule has 4 aliphatic carbocycles. The summed E-state index contributed by atoms with van der Waals surface area (Å²) in [6.45, 7) is 0.911. The lowest BCUT2D eigenvalue weighted by Gasteiger charge is -2.57. The molecule has 4 bridgehead atoms. The maximum Gasteiger partial charge on any atom is 0.270 e. The fourth-order valence-electron chi connectivity index (χ4n) is 5.80. The van der Waals surface area contributed by atoms with Crippen LogP contribution >= 0.6 is 0 Å². The molecule has 1 heterocycles. The first-order chi connectivity index (χ1) is 10.0. The van der Waals surface area contributed by atoms with Gasteiger partial charge in [0.1, 0.15) is 5.69 Å². The molecule has 1 aromatic heterocycles. The Kier molecular flexibility index (Phi) is 2.85. The number of nitrogens with one attached hydrogen (secondary N) is 1. The Labute approximate surface area is 126 Å². The number of nitrogens with zero attached hydrogens (tertiary/aromatic N) is 1. The van der Waals surface area contributed by atoms with Crippen molar-refractivity contribution in [2.45, 2.75) is 38.5 Å². The van der Waals surface area contributed by atoms with Gasteiger partial charge < -0.3 is 15.6 Å². The van der Waals surface area contributed by atoms with Crippen molar-refractivity contribution >= 4 is 11.6 Å². The van der Waals surface area contributed by atoms with Crippen molar-refractivity contribution < 1.29 is 4.79 Å². The Balaban J connectivity index is 1.49. The van der Waals surface area contributed by atoms with E-state index in [1.807, 2.05) is 11.9 Å². The second-order valence-electron chi connectivity index (χ2n) is 7.93. The van der Waals surface area contributed by atoms with Gasteiger partial charge in [-0.05, 0) is 67.8 Å². The van der Waals surface area contributed by atoms with Crippen LogP contribution in [0.1, 0.15) is 49.0 Å². The molecule has 3 N–H and O–H groups in total. The molecule has 21 heavy (non-hydrogen) atoms. The van der Waals surface area contributed by atoms with Crippen molar-refractivity contribution in [1.82, 2.24) is 9.88 Å². The molecule has 4 saturated carbocycles. The minimum Gasteiger partial charge on any atom is -0.397 e. The quantitative estimate of drug-likeness (QED) is 0.898. The van der Waals surface area contributed by atoms with Crippen LogP contribution in [0.4, 0.5) is 5.69 Å². The summed E-state index contributed by atoms with van der Waals surface area (Å²) in [6, 6.07) is 1.73. The highest BCUT2D eigenvalue weighted by molar-refractivity contribution is 5.93. The van der Waals surface area contributed by atoms with Crippen LogP contribution in [-0.2, 0) is 0 Å². The first-order valence-corrected chi connectivity index (χ1v) is 8.22. The molecular formula is C17H25N3O. The number of H-pyrrole nitrogens is 1. The second kappa shape index (κ2) is 4.52. The Bertz CT molecular complexity index is 527. The first-order valence-electron chi connectivity index (χ1n) is 8.22. The van der Waals surface area contributed by atoms with Crippen molar-refractivity contribution in [2.75, 3.05) is 19.3 Å². The van der Waals surface area contributed by atoms with E-state index >= 15 is 0 Å². The number of aromatic amines is 1. The van der Waals surface area contributed by atoms with E-state index in [9.17, 15) is 4.79 Å². The van der Waals surface area contributed by atoms with Crippen LogP contribution < -0.4 is 5.73 Å². The molecule has 0 atom stereocenters. The highest BCUT2D eigenvalue weighted by Crippen LogP contribution is 2.60. The molecule has 1 aromatic rings. The maximum absolute atomic E-state index is 12.5. The van der Waals surface area contributed by atoms with E-state index in [1.165, 1.54) is 38.5 Å². The number of rotatable bonds is 3. The zero-order valence-corrected chi connectivity index (χ0v) is 12.8. The minimum absolute atomic E-state index is 0.0717. The second-order valence-corrected chi connectivity index (χ2v) is 7.93. The van der Waals surface area contributed by atoms with Crippen molar-refractivity contribution in [3.63, 3.8) is 0 Å². The fourth-order valence-corrected chi connectivity index (χ4v) is 5.80. The average Bonchev–Trinajstić information content (AvgIpc) is 2.82. The Morgan fingerprint density at radius 3 is 2.33 bits per heavy atom. The number of hydrogen-bond donors (Lipinski definition) is 2. The van der Waals surface area contributed by atoms with E-state index in [0.29, 0.717) is 16.8 Å². The number of carbonyl (C=O) groups excluding carboxylic acids is 1. The van der Waals surface area contributed by atoms with Gasteiger partial charge in [-0.1, -0.05) is 0 Å². The predicted octanol–water partition coefficient (Wildman–Crippen LogP) is 2.89. The lowest BCUT2D eigenvalue weighted by atomic mass is 9.49. The summed E-state index contributed by atoms with van der Waals surface area (Å²) in [7, 11) is 1.94. The first kappa shape index (κ1) is 13.2. The summed E-state index contributed by atoms with van der Waals surface area (Å²) in [5, 5.41) is 0. The fraction of sp³-hybridized carbons (Fsp3) is 0.706. The summed E-state index contributed by atoms with van der Waals surface area (Å²) in [5.74, 6) is 2.87. The molecule has 0 saturated heterocycles. The Hall–Kier alpha value is -1.45. The van der Waals surface area contributed by atoms with Crippen molar-refractivity contribution in [3.05, 3.63) is 18.0 Å². The van der Waals surface area contributed by atoms with Crippen LogP contribution in [0.5, 0.6) is 0 Å². The van der Waals surface area contributed by atoms with Crippen LogP contribution in [0.25, 0.3) is 0 Å². The van der Waals surface area contributed by atoms with Crippen LogP contribution in [0.2, 0.25) is 0 Å². The normalized spacial score (nSPS) is 36.9. The molecule has 0 aromatic carbocycles. The van der Waals surface area contributed by atoms with Gasteiger partial charge in [-0.2, -0.15) is 0 Å². The molecule has 4 aliphatic rings. The number of carbonyl (C=O) groups is 1. The van der Waals surface area contributed by atoms with E-state index in [1.54, 1.807) is 12.3 Å². The largest absolute Gasteiger partial charge is 0.397 e. The number of hydrogen-bond acceptors (Lipinski definition) is 2. The zero-order valence-electron chi connectivity index (χ0n) is 12.8. The van der Waals surface area contributed by atoms with Gasteiger partial charge in [0.15, 0.2) is 0 Å². The molecule has 1 amide bonds. The number of nitrogens with two attached hydrogens (primary N) is 1. The van der Waals surface area contributed by atoms with Crippen molar-refractivity contribution in [2.24, 2.45) is 23.2 Å². The molecule has 114 valence electrons. The summed E-state index contributed by atoms with van der Waals surface area (Å²) in [6.07, 6.45) is 10.0. The molecule has 0 unspecified atom stereocenters. The summed E-state index contributed by atoms with van der Waals surface area (Å²) in [4.78, 5) is 17.4. The van der Waals surface area contributed by atoms with Gasteiger partial charge in [-0.3, -0.25) is 4.79 Å². The average molecular weight is 287 g/mol. The van der Waals surface area contributed by atoms with Gasteiger partial charge in [0.2, 0.25) is 0 Å². The molecule has 5 rings (SSSR count). The van der Waals surface area contributed by atoms with Crippen LogP contribution in [-0.4, -0.2) is 29.4 Å². The highest BCUT2D eigenvalue weighted by atomic mass is 16.2. The third-order valence-corrected chi connectivity index (χ3v) is 6.02. The summed E-state index contributed by atoms with van der Waals surface area (Å²) >= 11 is 0. The van der Waals surface area contributed by atoms with E-state index in [4.69, 9.17) is 5.73 Å². The zero-order chi connectivity index (χ0) is 14.6. The Morgan fingerprint density at radius 1 is 1.29 bits per heavy atom. The number of anilines is 1. The standard InChI is InChI=1S/C17H25N3O/c1-20(16(21)15-5-14(18)9-19-15)10-17-6-11-2-12(7-17)4-13(3-11)8-17/h5,9,11-13,19H,2-4,6-8,10,18H2,1H3. The van der Waals surface area contributed by atoms with E-state index in [-0.39, 0.29) is 5.91 Å². The Morgan fingerprint density at radius 2 is 1.86 bits per heavy atom. The van der Waals surface area contributed by atoms with Crippen molar-refractivity contribution in [3.8, 4) is 0 Å². The molecule has 0 radical (unpaired) electrons. The third-order valence-electron chi connectivity index (χ3n) is 6.02. The van der Waals surface area contributed by atoms with Crippen LogP contribution in [0.15, 0.2) is 12.3 Å². The molecule has 4 nitrogen and oxygen atoms in total.